The van der Waals surface area contributed by atoms with Gasteiger partial charge in [0.2, 0.25) is 0 Å². The number of likely N-dealkylation sites (tertiary alicyclic amines) is 1. The molecule has 1 aromatic carbocycles. The number of ether oxygens (including phenoxy) is 1. The highest BCUT2D eigenvalue weighted by Gasteiger charge is 2.82. The van der Waals surface area contributed by atoms with Gasteiger partial charge in [-0.1, -0.05) is 0 Å². The highest BCUT2D eigenvalue weighted by atomic mass is 19.4. The van der Waals surface area contributed by atoms with Crippen molar-refractivity contribution in [3.8, 4) is 0 Å². The van der Waals surface area contributed by atoms with E-state index in [2.05, 4.69) is 0 Å². The normalized spacial score (nSPS) is 22.3. The highest BCUT2D eigenvalue weighted by Crippen LogP contribution is 2.71. The van der Waals surface area contributed by atoms with E-state index in [1.165, 1.54) is 4.90 Å². The van der Waals surface area contributed by atoms with Crippen LogP contribution >= 0.6 is 0 Å². The number of rotatable bonds is 3. The summed E-state index contributed by atoms with van der Waals surface area (Å²) in [6, 6.07) is 1.70. The van der Waals surface area contributed by atoms with E-state index >= 15 is 0 Å². The number of alkyl halides is 5. The fourth-order valence-electron chi connectivity index (χ4n) is 4.31. The van der Waals surface area contributed by atoms with Crippen molar-refractivity contribution in [2.45, 2.75) is 51.3 Å². The first-order valence-electron chi connectivity index (χ1n) is 10.2. The van der Waals surface area contributed by atoms with Gasteiger partial charge in [0.1, 0.15) is 11.4 Å². The lowest BCUT2D eigenvalue weighted by molar-refractivity contribution is -0.138. The molecule has 0 aromatic heterocycles. The van der Waals surface area contributed by atoms with Crippen molar-refractivity contribution in [1.82, 2.24) is 4.90 Å². The number of hydrogen-bond acceptors (Lipinski definition) is 4. The van der Waals surface area contributed by atoms with Crippen LogP contribution in [0, 0.1) is 17.2 Å². The van der Waals surface area contributed by atoms with E-state index in [0.717, 1.165) is 12.1 Å². The molecule has 1 saturated heterocycles. The number of halogens is 6. The van der Waals surface area contributed by atoms with Gasteiger partial charge in [-0.2, -0.15) is 13.2 Å². The molecule has 1 aliphatic heterocycles. The third-order valence-electron chi connectivity index (χ3n) is 5.98. The lowest BCUT2D eigenvalue weighted by Gasteiger charge is -2.33. The van der Waals surface area contributed by atoms with Crippen LogP contribution in [0.4, 0.5) is 31.1 Å². The van der Waals surface area contributed by atoms with Gasteiger partial charge < -0.3 is 15.4 Å². The van der Waals surface area contributed by atoms with Gasteiger partial charge in [0.15, 0.2) is 5.78 Å². The second kappa shape index (κ2) is 7.95. The third kappa shape index (κ3) is 4.67. The van der Waals surface area contributed by atoms with E-state index in [9.17, 15) is 35.9 Å². The summed E-state index contributed by atoms with van der Waals surface area (Å²) in [7, 11) is 0. The molecule has 1 atom stereocenters. The number of amides is 1. The Balaban J connectivity index is 1.77. The van der Waals surface area contributed by atoms with Crippen LogP contribution in [-0.2, 0) is 15.7 Å². The first kappa shape index (κ1) is 24.9. The number of benzene rings is 1. The molecular weight excluding hydrogens is 454 g/mol. The van der Waals surface area contributed by atoms with Crippen molar-refractivity contribution >= 4 is 17.6 Å². The largest absolute Gasteiger partial charge is 0.444 e. The van der Waals surface area contributed by atoms with E-state index in [1.807, 2.05) is 0 Å². The van der Waals surface area contributed by atoms with Crippen molar-refractivity contribution < 1.29 is 40.7 Å². The minimum Gasteiger partial charge on any atom is -0.444 e. The Hall–Kier alpha value is -2.72. The van der Waals surface area contributed by atoms with Crippen molar-refractivity contribution in [2.75, 3.05) is 13.1 Å². The predicted molar refractivity (Wildman–Crippen MR) is 106 cm³/mol. The number of hydrogen-bond donors (Lipinski definition) is 1. The van der Waals surface area contributed by atoms with Gasteiger partial charge in [0, 0.05) is 30.4 Å². The van der Waals surface area contributed by atoms with Crippen molar-refractivity contribution in [3.63, 3.8) is 0 Å². The van der Waals surface area contributed by atoms with Crippen LogP contribution in [0.3, 0.4) is 0 Å². The van der Waals surface area contributed by atoms with E-state index in [4.69, 9.17) is 10.5 Å². The summed E-state index contributed by atoms with van der Waals surface area (Å²) in [6.45, 7) is 4.90. The summed E-state index contributed by atoms with van der Waals surface area (Å²) in [5.74, 6) is -7.43. The van der Waals surface area contributed by atoms with Crippen LogP contribution < -0.4 is 5.73 Å². The molecule has 0 bridgehead atoms. The topological polar surface area (TPSA) is 72.6 Å². The average molecular weight is 478 g/mol. The number of ketones is 1. The van der Waals surface area contributed by atoms with E-state index in [0.29, 0.717) is 6.08 Å². The quantitative estimate of drug-likeness (QED) is 0.491. The molecule has 1 unspecified atom stereocenters. The fourth-order valence-corrected chi connectivity index (χ4v) is 4.31. The molecule has 1 spiro atoms. The maximum absolute atomic E-state index is 14.7. The van der Waals surface area contributed by atoms with Crippen LogP contribution in [0.2, 0.25) is 0 Å². The first-order valence-corrected chi connectivity index (χ1v) is 10.2. The van der Waals surface area contributed by atoms with Gasteiger partial charge in [0.25, 0.3) is 5.92 Å². The molecule has 0 radical (unpaired) electrons. The molecule has 1 aliphatic carbocycles. The standard InChI is InChI=1S/C22H24F6N2O3/c1-19(2,3)33-18(32)30-8-6-20(7-9-30)17(21(20,24)25)16(31)11-15(29)13-5-4-12(23)10-14(13)22(26,27)28/h4-5,10-11,17H,6-9,29H2,1-3H3/b15-11+. The van der Waals surface area contributed by atoms with Crippen LogP contribution in [0.5, 0.6) is 0 Å². The van der Waals surface area contributed by atoms with Gasteiger partial charge in [-0.25, -0.2) is 18.0 Å². The Kier molecular flexibility index (Phi) is 6.00. The molecule has 1 heterocycles. The van der Waals surface area contributed by atoms with Gasteiger partial charge in [0.05, 0.1) is 16.9 Å². The first-order chi connectivity index (χ1) is 15.0. The third-order valence-corrected chi connectivity index (χ3v) is 5.98. The molecule has 2 N–H and O–H groups in total. The minimum atomic E-state index is -4.96. The summed E-state index contributed by atoms with van der Waals surface area (Å²) >= 11 is 0. The molecule has 1 amide bonds. The Labute approximate surface area is 186 Å². The van der Waals surface area contributed by atoms with Gasteiger partial charge in [-0.3, -0.25) is 4.79 Å². The van der Waals surface area contributed by atoms with E-state index in [1.54, 1.807) is 20.8 Å². The maximum Gasteiger partial charge on any atom is 0.417 e. The average Bonchev–Trinajstić information content (AvgIpc) is 3.13. The molecule has 182 valence electrons. The Morgan fingerprint density at radius 1 is 1.15 bits per heavy atom. The molecule has 2 aliphatic rings. The van der Waals surface area contributed by atoms with E-state index < -0.39 is 63.6 Å². The summed E-state index contributed by atoms with van der Waals surface area (Å²) in [5, 5.41) is 0. The molecule has 11 heteroatoms. The summed E-state index contributed by atoms with van der Waals surface area (Å²) in [5.41, 5.74) is 0.417. The monoisotopic (exact) mass is 478 g/mol. The van der Waals surface area contributed by atoms with Gasteiger partial charge >= 0.3 is 12.3 Å². The Morgan fingerprint density at radius 2 is 1.73 bits per heavy atom. The highest BCUT2D eigenvalue weighted by molar-refractivity contribution is 6.01. The Bertz CT molecular complexity index is 989. The Morgan fingerprint density at radius 3 is 2.24 bits per heavy atom. The van der Waals surface area contributed by atoms with Crippen LogP contribution in [0.15, 0.2) is 24.3 Å². The number of carbonyl (C=O) groups is 2. The maximum atomic E-state index is 14.7. The number of piperidine rings is 1. The van der Waals surface area contributed by atoms with Crippen LogP contribution in [-0.4, -0.2) is 41.4 Å². The minimum absolute atomic E-state index is 0.0519. The molecule has 1 saturated carbocycles. The smallest absolute Gasteiger partial charge is 0.417 e. The van der Waals surface area contributed by atoms with Gasteiger partial charge in [-0.15, -0.1) is 0 Å². The summed E-state index contributed by atoms with van der Waals surface area (Å²) < 4.78 is 87.6. The lowest BCUT2D eigenvalue weighted by atomic mass is 9.89. The van der Waals surface area contributed by atoms with Crippen LogP contribution in [0.25, 0.3) is 5.70 Å². The van der Waals surface area contributed by atoms with Gasteiger partial charge in [-0.05, 0) is 51.8 Å². The summed E-state index contributed by atoms with van der Waals surface area (Å²) in [6.07, 6.45) is -5.40. The number of nitrogens with zero attached hydrogens (tertiary/aromatic N) is 1. The summed E-state index contributed by atoms with van der Waals surface area (Å²) in [4.78, 5) is 26.1. The second-order valence-electron chi connectivity index (χ2n) is 9.37. The second-order valence-corrected chi connectivity index (χ2v) is 9.37. The van der Waals surface area contributed by atoms with Crippen molar-refractivity contribution in [1.29, 1.82) is 0 Å². The van der Waals surface area contributed by atoms with Crippen molar-refractivity contribution in [3.05, 3.63) is 41.2 Å². The van der Waals surface area contributed by atoms with Crippen molar-refractivity contribution in [2.24, 2.45) is 17.1 Å². The number of allylic oxidation sites excluding steroid dienone is 1. The molecule has 33 heavy (non-hydrogen) atoms. The predicted octanol–water partition coefficient (Wildman–Crippen LogP) is 5.00. The fraction of sp³-hybridized carbons (Fsp3) is 0.545. The lowest BCUT2D eigenvalue weighted by Crippen LogP contribution is -2.43. The zero-order valence-corrected chi connectivity index (χ0v) is 18.2. The SMILES string of the molecule is CC(C)(C)OC(=O)N1CCC2(CC1)C(C(=O)/C=C(/N)c1ccc(F)cc1C(F)(F)F)C2(F)F. The molecule has 5 nitrogen and oxygen atoms in total. The number of carbonyl (C=O) groups excluding carboxylic acids is 2. The molecular formula is C22H24F6N2O3. The zero-order valence-electron chi connectivity index (χ0n) is 18.2. The van der Waals surface area contributed by atoms with E-state index in [-0.39, 0.29) is 32.0 Å². The molecule has 1 aromatic rings. The zero-order chi connectivity index (χ0) is 25.0. The number of nitrogens with two attached hydrogens (primary N) is 1. The van der Waals surface area contributed by atoms with Crippen LogP contribution in [0.1, 0.15) is 44.7 Å². The molecule has 2 fully saturated rings. The molecule has 3 rings (SSSR count).